The molecule has 2 amide bonds. The Balaban J connectivity index is -0.000000105. The molecule has 0 radical (unpaired) electrons. The number of fused-ring (bicyclic) bond motifs is 2. The first kappa shape index (κ1) is 157. The zero-order chi connectivity index (χ0) is 79.9. The SMILES string of the molecule is C.C.C.C.C.C.C.C.C.C.C.C.C.CCC.CCC(C)c1ccc(S(=O)(=O)[O-])cc1.CCCCN(CCCC)CCCNC(=O)C(C)(CC)CC(c1ccccc1)C(Cc1ccc(C(C)CC)cc1)CC(C)(C)C(=O)NCCCCCCCCCCCC(=O)O.CS(=O)(=O)[O-].CSOO[O-].[K+].[Na+].[Na+].c1ccc2ccccc2c1.c1ccc2ccccc2c1. The van der Waals surface area contributed by atoms with E-state index in [0.717, 1.165) is 114 Å². The van der Waals surface area contributed by atoms with Gasteiger partial charge >= 0.3 is 116 Å². The zero-order valence-electron chi connectivity index (χ0n) is 70.2. The molecule has 0 fully saturated rings. The van der Waals surface area contributed by atoms with Crippen molar-refractivity contribution in [2.24, 2.45) is 16.7 Å². The van der Waals surface area contributed by atoms with Crippen molar-refractivity contribution in [2.45, 2.75) is 344 Å². The van der Waals surface area contributed by atoms with Crippen LogP contribution >= 0.6 is 12.0 Å². The van der Waals surface area contributed by atoms with Crippen molar-refractivity contribution < 1.29 is 171 Å². The van der Waals surface area contributed by atoms with E-state index >= 15 is 0 Å². The normalized spacial score (nSPS) is 11.2. The third kappa shape index (κ3) is 74.5. The fraction of sp³-hybridized carbons (Fsp3) is 0.594. The van der Waals surface area contributed by atoms with Crippen molar-refractivity contribution in [1.82, 2.24) is 15.5 Å². The van der Waals surface area contributed by atoms with Crippen molar-refractivity contribution in [3.63, 3.8) is 0 Å². The molecule has 7 rings (SSSR count). The molecule has 3 N–H and O–H groups in total. The third-order valence-electron chi connectivity index (χ3n) is 19.1. The van der Waals surface area contributed by atoms with Gasteiger partial charge in [-0.15, -0.1) is 0 Å². The van der Waals surface area contributed by atoms with Crippen molar-refractivity contribution in [3.05, 3.63) is 198 Å². The van der Waals surface area contributed by atoms with Crippen LogP contribution in [0.5, 0.6) is 0 Å². The number of unbranched alkanes of at least 4 members (excludes halogenated alkanes) is 10. The first-order valence-corrected chi connectivity index (χ1v) is 43.4. The molecule has 22 heteroatoms. The second kappa shape index (κ2) is 93.8. The van der Waals surface area contributed by atoms with Crippen LogP contribution in [0.1, 0.15) is 354 Å². The van der Waals surface area contributed by atoms with Crippen LogP contribution in [0.15, 0.2) is 181 Å². The minimum Gasteiger partial charge on any atom is -0.748 e. The van der Waals surface area contributed by atoms with Crippen molar-refractivity contribution in [1.29, 1.82) is 0 Å². The van der Waals surface area contributed by atoms with Gasteiger partial charge in [0.15, 0.2) is 0 Å². The summed E-state index contributed by atoms with van der Waals surface area (Å²) in [6.45, 7) is 30.6. The molecule has 5 unspecified atom stereocenters. The summed E-state index contributed by atoms with van der Waals surface area (Å²) in [6, 6.07) is 59.5. The molecule has 7 aromatic carbocycles. The average Bonchev–Trinajstić information content (AvgIpc) is 0.796. The smallest absolute Gasteiger partial charge is 0.748 e. The maximum atomic E-state index is 14.3. The van der Waals surface area contributed by atoms with Crippen molar-refractivity contribution in [3.8, 4) is 0 Å². The predicted molar refractivity (Wildman–Crippen MR) is 529 cm³/mol. The molecular weight excluding hydrogens is 1640 g/mol. The van der Waals surface area contributed by atoms with Crippen LogP contribution in [0, 0.1) is 16.7 Å². The zero-order valence-corrected chi connectivity index (χ0v) is 79.7. The summed E-state index contributed by atoms with van der Waals surface area (Å²) in [4.78, 5) is 41.4. The molecule has 7 aromatic rings. The third-order valence-corrected chi connectivity index (χ3v) is 20.1. The fourth-order valence-corrected chi connectivity index (χ4v) is 12.7. The van der Waals surface area contributed by atoms with E-state index < -0.39 is 37.0 Å². The number of carboxylic acids is 1. The second-order valence-electron chi connectivity index (χ2n) is 28.7. The van der Waals surface area contributed by atoms with Crippen LogP contribution < -0.4 is 126 Å². The number of hydrogen-bond acceptors (Lipinski definition) is 14. The molecule has 0 aliphatic heterocycles. The van der Waals surface area contributed by atoms with E-state index in [0.29, 0.717) is 44.0 Å². The van der Waals surface area contributed by atoms with Crippen LogP contribution in [-0.4, -0.2) is 99.0 Å². The van der Waals surface area contributed by atoms with Crippen molar-refractivity contribution in [2.75, 3.05) is 45.2 Å². The molecule has 0 aliphatic carbocycles. The summed E-state index contributed by atoms with van der Waals surface area (Å²) >= 11 is 0.867. The molecule has 702 valence electrons. The van der Waals surface area contributed by atoms with Gasteiger partial charge in [0.25, 0.3) is 0 Å². The number of hydrogen-bond donors (Lipinski definition) is 3. The number of benzene rings is 7. The van der Waals surface area contributed by atoms with Crippen LogP contribution in [-0.2, 0) is 50.4 Å². The second-order valence-corrected chi connectivity index (χ2v) is 32.0. The van der Waals surface area contributed by atoms with Gasteiger partial charge in [0, 0.05) is 54.9 Å². The number of rotatable bonds is 40. The summed E-state index contributed by atoms with van der Waals surface area (Å²) in [5, 5.41) is 32.4. The summed E-state index contributed by atoms with van der Waals surface area (Å²) in [5.41, 5.74) is 3.78. The molecule has 0 bridgehead atoms. The van der Waals surface area contributed by atoms with E-state index in [1.807, 2.05) is 0 Å². The molecule has 0 aromatic heterocycles. The van der Waals surface area contributed by atoms with E-state index in [2.05, 4.69) is 260 Å². The number of nitrogens with one attached hydrogen (secondary N) is 2. The van der Waals surface area contributed by atoms with Gasteiger partial charge in [0.1, 0.15) is 10.1 Å². The van der Waals surface area contributed by atoms with E-state index in [4.69, 9.17) is 23.3 Å². The monoisotopic (exact) mass is 1830 g/mol. The van der Waals surface area contributed by atoms with Crippen LogP contribution in [0.2, 0.25) is 0 Å². The molecule has 16 nitrogen and oxygen atoms in total. The first-order chi connectivity index (χ1) is 51.0. The number of carboxylic acid groups (broad SMARTS) is 1. The molecular formula is C101H184KN3Na2O13S3. The summed E-state index contributed by atoms with van der Waals surface area (Å²) in [5.74, 6) is 0.664. The topological polar surface area (TPSA) is 255 Å². The Morgan fingerprint density at radius 3 is 1.11 bits per heavy atom. The van der Waals surface area contributed by atoms with Crippen LogP contribution in [0.3, 0.4) is 0 Å². The summed E-state index contributed by atoms with van der Waals surface area (Å²) in [7, 11) is -8.22. The van der Waals surface area contributed by atoms with Gasteiger partial charge in [-0.3, -0.25) is 19.4 Å². The molecule has 0 saturated carbocycles. The predicted octanol–water partition coefficient (Wildman–Crippen LogP) is 20.0. The van der Waals surface area contributed by atoms with Gasteiger partial charge in [0.05, 0.1) is 15.0 Å². The van der Waals surface area contributed by atoms with Crippen LogP contribution in [0.25, 0.3) is 21.5 Å². The molecule has 5 atom stereocenters. The van der Waals surface area contributed by atoms with E-state index in [1.54, 1.807) is 18.4 Å². The number of aliphatic carboxylic acids is 1. The van der Waals surface area contributed by atoms with Gasteiger partial charge in [0.2, 0.25) is 11.8 Å². The Morgan fingerprint density at radius 1 is 0.472 bits per heavy atom. The Hall–Kier alpha value is -2.88. The van der Waals surface area contributed by atoms with Crippen LogP contribution in [0.4, 0.5) is 0 Å². The number of carbonyl (C=O) groups excluding carboxylic acids is 2. The van der Waals surface area contributed by atoms with Gasteiger partial charge < -0.3 is 35.0 Å². The average molecular weight is 1830 g/mol. The number of nitrogens with zero attached hydrogens (tertiary/aromatic N) is 1. The molecule has 0 saturated heterocycles. The number of carbonyl (C=O) groups is 3. The quantitative estimate of drug-likeness (QED) is 0.00806. The molecule has 0 heterocycles. The molecule has 123 heavy (non-hydrogen) atoms. The van der Waals surface area contributed by atoms with Gasteiger partial charge in [-0.05, 0) is 170 Å². The van der Waals surface area contributed by atoms with E-state index in [1.165, 1.54) is 95.3 Å². The van der Waals surface area contributed by atoms with E-state index in [9.17, 15) is 27.4 Å². The standard InChI is InChI=1S/C53H89N3O4.C10H14O3S.2C10H8.C3H8.2CH4O3S.13CH4.K.2Na/c1-9-13-37-56(38-14-10-2)39-27-36-55-51(60)53(8,12-4)42-48(46-28-23-22-24-29-46)47(40-44-31-33-45(34-32-44)43(5)11-3)41-52(6,7)50(59)54-35-26-21-19-17-15-16-18-20-25-30-49(57)58;1-3-8(2)9-4-6-10(7-5-9)14(11,12)13;2*1-2-6-10-8-4-3-7-9(10)5-1;1-3-2;1-5(2,3)4;1-5-4-3-2;;;;;;;;;;;;;;;;/h22-24,28-29,31-34,43,47-48H,9-21,25-27,30,35-42H2,1-8H3,(H,54,59)(H,55,60)(H,57,58);4-8H,3H2,1-2H3,(H,11,12,13);2*1-8H;3H2,1-2H3;1H3,(H,2,3,4);2H,1H3;13*1H4;;;/q;;;;;;;;;;;;;;;;;;;;3*+1/p-3. The Bertz CT molecular complexity index is 3480. The Morgan fingerprint density at radius 2 is 0.797 bits per heavy atom. The maximum Gasteiger partial charge on any atom is 1.00 e. The Kier molecular flexibility index (Phi) is 120. The molecule has 0 spiro atoms. The number of amides is 2. The minimum absolute atomic E-state index is 0. The maximum absolute atomic E-state index is 14.3. The minimum atomic E-state index is -4.30. The molecule has 0 aliphatic rings. The van der Waals surface area contributed by atoms with Gasteiger partial charge in [-0.1, -0.05) is 408 Å². The van der Waals surface area contributed by atoms with Crippen molar-refractivity contribution >= 4 is 71.6 Å². The van der Waals surface area contributed by atoms with Gasteiger partial charge in [-0.25, -0.2) is 16.8 Å². The largest absolute Gasteiger partial charge is 1.00 e. The van der Waals surface area contributed by atoms with Gasteiger partial charge in [-0.2, -0.15) is 4.33 Å². The first-order valence-electron chi connectivity index (χ1n) is 39.0. The summed E-state index contributed by atoms with van der Waals surface area (Å²) in [6.07, 6.45) is 24.2. The fourth-order valence-electron chi connectivity index (χ4n) is 12.2. The Labute approximate surface area is 851 Å². The summed E-state index contributed by atoms with van der Waals surface area (Å²) < 4.78 is 62.8. The van der Waals surface area contributed by atoms with E-state index in [-0.39, 0.29) is 242 Å².